The maximum absolute atomic E-state index is 11.3. The molecule has 1 aromatic carbocycles. The van der Waals surface area contributed by atoms with E-state index in [1.165, 1.54) is 0 Å². The number of methoxy groups -OCH3 is 1. The minimum atomic E-state index is -0.0308. The fourth-order valence-electron chi connectivity index (χ4n) is 1.12. The van der Waals surface area contributed by atoms with E-state index in [2.05, 4.69) is 5.32 Å². The number of rotatable bonds is 5. The molecule has 0 spiro atoms. The molecule has 0 saturated carbocycles. The van der Waals surface area contributed by atoms with Crippen molar-refractivity contribution in [3.8, 4) is 0 Å². The molecule has 1 aromatic rings. The van der Waals surface area contributed by atoms with Gasteiger partial charge < -0.3 is 10.1 Å². The second kappa shape index (κ2) is 6.43. The maximum Gasteiger partial charge on any atom is 0.222 e. The van der Waals surface area contributed by atoms with Gasteiger partial charge in [-0.05, 0) is 11.6 Å². The summed E-state index contributed by atoms with van der Waals surface area (Å²) >= 11 is 5.94. The summed E-state index contributed by atoms with van der Waals surface area (Å²) in [6, 6.07) is 7.44. The molecular weight excluding hydrogens is 214 g/mol. The number of hydrogen-bond donors (Lipinski definition) is 1. The Morgan fingerprint density at radius 3 is 2.87 bits per heavy atom. The van der Waals surface area contributed by atoms with Gasteiger partial charge in [0, 0.05) is 25.1 Å². The molecule has 4 heteroatoms. The van der Waals surface area contributed by atoms with Crippen molar-refractivity contribution in [3.63, 3.8) is 0 Å². The molecule has 0 unspecified atom stereocenters. The summed E-state index contributed by atoms with van der Waals surface area (Å²) < 4.78 is 4.80. The molecule has 0 aliphatic rings. The smallest absolute Gasteiger partial charge is 0.222 e. The number of hydrogen-bond acceptors (Lipinski definition) is 2. The lowest BCUT2D eigenvalue weighted by molar-refractivity contribution is -0.122. The van der Waals surface area contributed by atoms with Crippen LogP contribution in [-0.4, -0.2) is 19.6 Å². The molecule has 0 aliphatic carbocycles. The third kappa shape index (κ3) is 4.32. The van der Waals surface area contributed by atoms with Crippen LogP contribution >= 0.6 is 11.6 Å². The van der Waals surface area contributed by atoms with Crippen LogP contribution in [-0.2, 0) is 16.1 Å². The molecule has 15 heavy (non-hydrogen) atoms. The summed E-state index contributed by atoms with van der Waals surface area (Å²) in [6.07, 6.45) is 0.376. The quantitative estimate of drug-likeness (QED) is 0.836. The standard InChI is InChI=1S/C11H14ClNO2/c1-15-7-6-11(14)13-8-9-4-2-3-5-10(9)12/h2-5H,6-8H2,1H3,(H,13,14). The van der Waals surface area contributed by atoms with E-state index in [4.69, 9.17) is 16.3 Å². The number of halogens is 1. The van der Waals surface area contributed by atoms with E-state index in [1.807, 2.05) is 18.2 Å². The van der Waals surface area contributed by atoms with Crippen LogP contribution in [0.5, 0.6) is 0 Å². The number of carbonyl (C=O) groups is 1. The predicted molar refractivity (Wildman–Crippen MR) is 59.8 cm³/mol. The molecule has 0 aromatic heterocycles. The molecule has 1 amide bonds. The molecule has 0 radical (unpaired) electrons. The summed E-state index contributed by atoms with van der Waals surface area (Å²) in [6.45, 7) is 0.899. The van der Waals surface area contributed by atoms with Gasteiger partial charge in [-0.25, -0.2) is 0 Å². The second-order valence-electron chi connectivity index (χ2n) is 3.11. The first kappa shape index (κ1) is 12.0. The number of amides is 1. The number of carbonyl (C=O) groups excluding carboxylic acids is 1. The third-order valence-corrected chi connectivity index (χ3v) is 2.34. The fourth-order valence-corrected chi connectivity index (χ4v) is 1.32. The van der Waals surface area contributed by atoms with Crippen LogP contribution in [0.1, 0.15) is 12.0 Å². The Kier molecular flexibility index (Phi) is 5.15. The number of benzene rings is 1. The van der Waals surface area contributed by atoms with Crippen LogP contribution < -0.4 is 5.32 Å². The molecule has 0 atom stereocenters. The van der Waals surface area contributed by atoms with Crippen LogP contribution in [0.4, 0.5) is 0 Å². The van der Waals surface area contributed by atoms with Crippen LogP contribution in [0.2, 0.25) is 5.02 Å². The van der Waals surface area contributed by atoms with Crippen LogP contribution in [0.3, 0.4) is 0 Å². The summed E-state index contributed by atoms with van der Waals surface area (Å²) in [5, 5.41) is 3.44. The van der Waals surface area contributed by atoms with Gasteiger partial charge in [0.05, 0.1) is 6.61 Å². The monoisotopic (exact) mass is 227 g/mol. The lowest BCUT2D eigenvalue weighted by Gasteiger charge is -2.06. The molecule has 0 aliphatic heterocycles. The second-order valence-corrected chi connectivity index (χ2v) is 3.52. The lowest BCUT2D eigenvalue weighted by atomic mass is 10.2. The third-order valence-electron chi connectivity index (χ3n) is 1.97. The van der Waals surface area contributed by atoms with Gasteiger partial charge in [-0.3, -0.25) is 4.79 Å². The predicted octanol–water partition coefficient (Wildman–Crippen LogP) is 1.99. The van der Waals surface area contributed by atoms with Crippen LogP contribution in [0.15, 0.2) is 24.3 Å². The van der Waals surface area contributed by atoms with Crippen LogP contribution in [0, 0.1) is 0 Å². The highest BCUT2D eigenvalue weighted by Crippen LogP contribution is 2.14. The van der Waals surface area contributed by atoms with Crippen molar-refractivity contribution in [2.45, 2.75) is 13.0 Å². The van der Waals surface area contributed by atoms with Crippen molar-refractivity contribution in [1.82, 2.24) is 5.32 Å². The summed E-state index contributed by atoms with van der Waals surface area (Å²) in [5.74, 6) is -0.0308. The molecular formula is C11H14ClNO2. The number of nitrogens with one attached hydrogen (secondary N) is 1. The number of ether oxygens (including phenoxy) is 1. The molecule has 3 nitrogen and oxygen atoms in total. The normalized spacial score (nSPS) is 10.0. The van der Waals surface area contributed by atoms with Crippen molar-refractivity contribution < 1.29 is 9.53 Å². The highest BCUT2D eigenvalue weighted by atomic mass is 35.5. The minimum absolute atomic E-state index is 0.0308. The zero-order valence-electron chi connectivity index (χ0n) is 8.63. The lowest BCUT2D eigenvalue weighted by Crippen LogP contribution is -2.23. The molecule has 0 saturated heterocycles. The topological polar surface area (TPSA) is 38.3 Å². The van der Waals surface area contributed by atoms with Crippen molar-refractivity contribution in [2.24, 2.45) is 0 Å². The van der Waals surface area contributed by atoms with Gasteiger partial charge in [0.25, 0.3) is 0 Å². The zero-order valence-corrected chi connectivity index (χ0v) is 9.38. The average molecular weight is 228 g/mol. The van der Waals surface area contributed by atoms with E-state index in [0.29, 0.717) is 24.6 Å². The van der Waals surface area contributed by atoms with Gasteiger partial charge in [-0.1, -0.05) is 29.8 Å². The van der Waals surface area contributed by atoms with E-state index in [9.17, 15) is 4.79 Å². The summed E-state index contributed by atoms with van der Waals surface area (Å²) in [7, 11) is 1.57. The first-order chi connectivity index (χ1) is 7.24. The van der Waals surface area contributed by atoms with Gasteiger partial charge in [-0.15, -0.1) is 0 Å². The maximum atomic E-state index is 11.3. The molecule has 0 fully saturated rings. The first-order valence-electron chi connectivity index (χ1n) is 4.73. The Hall–Kier alpha value is -1.06. The van der Waals surface area contributed by atoms with E-state index in [0.717, 1.165) is 5.56 Å². The molecule has 1 N–H and O–H groups in total. The Labute approximate surface area is 94.4 Å². The zero-order chi connectivity index (χ0) is 11.1. The van der Waals surface area contributed by atoms with E-state index < -0.39 is 0 Å². The van der Waals surface area contributed by atoms with E-state index >= 15 is 0 Å². The van der Waals surface area contributed by atoms with Gasteiger partial charge in [0.2, 0.25) is 5.91 Å². The average Bonchev–Trinajstić information content (AvgIpc) is 2.25. The highest BCUT2D eigenvalue weighted by molar-refractivity contribution is 6.31. The molecule has 82 valence electrons. The minimum Gasteiger partial charge on any atom is -0.384 e. The van der Waals surface area contributed by atoms with Gasteiger partial charge in [0.15, 0.2) is 0 Å². The Morgan fingerprint density at radius 2 is 2.20 bits per heavy atom. The van der Waals surface area contributed by atoms with Gasteiger partial charge in [-0.2, -0.15) is 0 Å². The fraction of sp³-hybridized carbons (Fsp3) is 0.364. The SMILES string of the molecule is COCCC(=O)NCc1ccccc1Cl. The van der Waals surface area contributed by atoms with E-state index in [-0.39, 0.29) is 5.91 Å². The summed E-state index contributed by atoms with van der Waals surface area (Å²) in [5.41, 5.74) is 0.921. The Morgan fingerprint density at radius 1 is 1.47 bits per heavy atom. The largest absolute Gasteiger partial charge is 0.384 e. The molecule has 1 rings (SSSR count). The Bertz CT molecular complexity index is 328. The molecule has 0 bridgehead atoms. The Balaban J connectivity index is 2.37. The van der Waals surface area contributed by atoms with Gasteiger partial charge >= 0.3 is 0 Å². The molecule has 0 heterocycles. The first-order valence-corrected chi connectivity index (χ1v) is 5.11. The summed E-state index contributed by atoms with van der Waals surface area (Å²) in [4.78, 5) is 11.3. The van der Waals surface area contributed by atoms with Crippen LogP contribution in [0.25, 0.3) is 0 Å². The van der Waals surface area contributed by atoms with Crippen molar-refractivity contribution >= 4 is 17.5 Å². The van der Waals surface area contributed by atoms with Crippen molar-refractivity contribution in [1.29, 1.82) is 0 Å². The van der Waals surface area contributed by atoms with E-state index in [1.54, 1.807) is 13.2 Å². The van der Waals surface area contributed by atoms with Crippen molar-refractivity contribution in [3.05, 3.63) is 34.9 Å². The van der Waals surface area contributed by atoms with Gasteiger partial charge in [0.1, 0.15) is 0 Å². The highest BCUT2D eigenvalue weighted by Gasteiger charge is 2.02. The van der Waals surface area contributed by atoms with Crippen molar-refractivity contribution in [2.75, 3.05) is 13.7 Å².